The third kappa shape index (κ3) is 2.94. The Morgan fingerprint density at radius 2 is 2.33 bits per heavy atom. The standard InChI is InChI=1S/C15H20N4O2/c1-10-17-15(19(2)18-10)16-8-11-6-12-4-5-13(20-3)7-14(12)21-9-11/h4-5,7,11H,6,8-9H2,1-3H3,(H,16,17,18). The van der Waals surface area contributed by atoms with Gasteiger partial charge in [0, 0.05) is 25.6 Å². The van der Waals surface area contributed by atoms with Crippen LogP contribution in [-0.2, 0) is 13.5 Å². The van der Waals surface area contributed by atoms with Crippen LogP contribution in [0.25, 0.3) is 0 Å². The predicted octanol–water partition coefficient (Wildman–Crippen LogP) is 1.80. The topological polar surface area (TPSA) is 61.2 Å². The van der Waals surface area contributed by atoms with Gasteiger partial charge in [0.1, 0.15) is 17.3 Å². The van der Waals surface area contributed by atoms with Crippen LogP contribution < -0.4 is 14.8 Å². The van der Waals surface area contributed by atoms with Gasteiger partial charge in [-0.15, -0.1) is 0 Å². The zero-order valence-electron chi connectivity index (χ0n) is 12.6. The molecule has 0 radical (unpaired) electrons. The van der Waals surface area contributed by atoms with E-state index >= 15 is 0 Å². The van der Waals surface area contributed by atoms with E-state index in [0.29, 0.717) is 12.5 Å². The second-order valence-corrected chi connectivity index (χ2v) is 5.34. The third-order valence-corrected chi connectivity index (χ3v) is 3.68. The van der Waals surface area contributed by atoms with Crippen molar-refractivity contribution in [3.05, 3.63) is 29.6 Å². The molecule has 1 aromatic carbocycles. The van der Waals surface area contributed by atoms with Gasteiger partial charge in [-0.05, 0) is 25.0 Å². The molecular weight excluding hydrogens is 268 g/mol. The van der Waals surface area contributed by atoms with Crippen LogP contribution in [0.1, 0.15) is 11.4 Å². The Bertz CT molecular complexity index is 639. The average molecular weight is 288 g/mol. The summed E-state index contributed by atoms with van der Waals surface area (Å²) in [6.45, 7) is 3.40. The number of nitrogens with one attached hydrogen (secondary N) is 1. The van der Waals surface area contributed by atoms with E-state index in [0.717, 1.165) is 36.2 Å². The number of aromatic nitrogens is 3. The van der Waals surface area contributed by atoms with Crippen molar-refractivity contribution in [2.45, 2.75) is 13.3 Å². The number of nitrogens with zero attached hydrogens (tertiary/aromatic N) is 3. The Morgan fingerprint density at radius 1 is 1.48 bits per heavy atom. The van der Waals surface area contributed by atoms with Crippen molar-refractivity contribution in [1.29, 1.82) is 0 Å². The number of fused-ring (bicyclic) bond motifs is 1. The molecule has 21 heavy (non-hydrogen) atoms. The summed E-state index contributed by atoms with van der Waals surface area (Å²) in [5, 5.41) is 7.57. The minimum absolute atomic E-state index is 0.419. The van der Waals surface area contributed by atoms with Gasteiger partial charge >= 0.3 is 0 Å². The first-order valence-electron chi connectivity index (χ1n) is 7.07. The Kier molecular flexibility index (Phi) is 3.68. The maximum Gasteiger partial charge on any atom is 0.221 e. The first kappa shape index (κ1) is 13.7. The number of ether oxygens (including phenoxy) is 2. The van der Waals surface area contributed by atoms with E-state index in [1.54, 1.807) is 11.8 Å². The van der Waals surface area contributed by atoms with Gasteiger partial charge in [-0.1, -0.05) is 6.07 Å². The fraction of sp³-hybridized carbons (Fsp3) is 0.467. The molecular formula is C15H20N4O2. The number of hydrogen-bond acceptors (Lipinski definition) is 5. The van der Waals surface area contributed by atoms with E-state index in [-0.39, 0.29) is 0 Å². The summed E-state index contributed by atoms with van der Waals surface area (Å²) in [5.41, 5.74) is 1.22. The molecule has 1 atom stereocenters. The van der Waals surface area contributed by atoms with Gasteiger partial charge in [0.15, 0.2) is 0 Å². The zero-order chi connectivity index (χ0) is 14.8. The lowest BCUT2D eigenvalue weighted by Crippen LogP contribution is -2.28. The van der Waals surface area contributed by atoms with Gasteiger partial charge < -0.3 is 14.8 Å². The quantitative estimate of drug-likeness (QED) is 0.929. The minimum atomic E-state index is 0.419. The highest BCUT2D eigenvalue weighted by Gasteiger charge is 2.20. The number of aryl methyl sites for hydroxylation is 2. The summed E-state index contributed by atoms with van der Waals surface area (Å²) in [6.07, 6.45) is 0.989. The van der Waals surface area contributed by atoms with Crippen molar-refractivity contribution in [2.24, 2.45) is 13.0 Å². The molecule has 2 heterocycles. The average Bonchev–Trinajstić information content (AvgIpc) is 2.82. The highest BCUT2D eigenvalue weighted by molar-refractivity contribution is 5.42. The fourth-order valence-electron chi connectivity index (χ4n) is 2.58. The van der Waals surface area contributed by atoms with Crippen LogP contribution in [0.3, 0.4) is 0 Å². The number of methoxy groups -OCH3 is 1. The molecule has 0 fully saturated rings. The van der Waals surface area contributed by atoms with E-state index in [4.69, 9.17) is 9.47 Å². The van der Waals surface area contributed by atoms with Crippen LogP contribution in [0.4, 0.5) is 5.95 Å². The van der Waals surface area contributed by atoms with Crippen molar-refractivity contribution >= 4 is 5.95 Å². The molecule has 112 valence electrons. The molecule has 0 saturated heterocycles. The SMILES string of the molecule is COc1ccc2c(c1)OCC(CNc1nc(C)nn1C)C2. The van der Waals surface area contributed by atoms with Crippen LogP contribution in [0.5, 0.6) is 11.5 Å². The molecule has 6 heteroatoms. The first-order chi connectivity index (χ1) is 10.2. The van der Waals surface area contributed by atoms with Crippen molar-refractivity contribution in [3.8, 4) is 11.5 Å². The van der Waals surface area contributed by atoms with Gasteiger partial charge in [-0.3, -0.25) is 0 Å². The van der Waals surface area contributed by atoms with Gasteiger partial charge in [0.2, 0.25) is 5.95 Å². The van der Waals surface area contributed by atoms with Crippen LogP contribution in [0, 0.1) is 12.8 Å². The molecule has 0 bridgehead atoms. The lowest BCUT2D eigenvalue weighted by molar-refractivity contribution is 0.228. The summed E-state index contributed by atoms with van der Waals surface area (Å²) in [4.78, 5) is 4.34. The summed E-state index contributed by atoms with van der Waals surface area (Å²) < 4.78 is 12.8. The lowest BCUT2D eigenvalue weighted by atomic mass is 9.96. The van der Waals surface area contributed by atoms with Crippen molar-refractivity contribution < 1.29 is 9.47 Å². The molecule has 1 unspecified atom stereocenters. The minimum Gasteiger partial charge on any atom is -0.497 e. The Balaban J connectivity index is 1.62. The molecule has 0 spiro atoms. The van der Waals surface area contributed by atoms with Crippen molar-refractivity contribution in [1.82, 2.24) is 14.8 Å². The number of hydrogen-bond donors (Lipinski definition) is 1. The molecule has 1 aliphatic rings. The van der Waals surface area contributed by atoms with E-state index in [9.17, 15) is 0 Å². The molecule has 0 saturated carbocycles. The molecule has 0 aliphatic carbocycles. The lowest BCUT2D eigenvalue weighted by Gasteiger charge is -2.25. The van der Waals surface area contributed by atoms with E-state index < -0.39 is 0 Å². The summed E-state index contributed by atoms with van der Waals surface area (Å²) in [5.74, 6) is 3.76. The molecule has 3 rings (SSSR count). The van der Waals surface area contributed by atoms with E-state index in [1.165, 1.54) is 5.56 Å². The predicted molar refractivity (Wildman–Crippen MR) is 79.9 cm³/mol. The van der Waals surface area contributed by atoms with Crippen molar-refractivity contribution in [3.63, 3.8) is 0 Å². The molecule has 0 amide bonds. The van der Waals surface area contributed by atoms with Crippen molar-refractivity contribution in [2.75, 3.05) is 25.6 Å². The van der Waals surface area contributed by atoms with E-state index in [2.05, 4.69) is 21.5 Å². The number of rotatable bonds is 4. The smallest absolute Gasteiger partial charge is 0.221 e. The number of anilines is 1. The first-order valence-corrected chi connectivity index (χ1v) is 7.07. The highest BCUT2D eigenvalue weighted by atomic mass is 16.5. The third-order valence-electron chi connectivity index (χ3n) is 3.68. The van der Waals surface area contributed by atoms with Crippen LogP contribution in [0.15, 0.2) is 18.2 Å². The molecule has 1 aliphatic heterocycles. The maximum atomic E-state index is 5.84. The summed E-state index contributed by atoms with van der Waals surface area (Å²) >= 11 is 0. The zero-order valence-corrected chi connectivity index (χ0v) is 12.6. The van der Waals surface area contributed by atoms with Gasteiger partial charge in [-0.2, -0.15) is 10.1 Å². The van der Waals surface area contributed by atoms with Crippen LogP contribution in [-0.4, -0.2) is 35.0 Å². The summed E-state index contributed by atoms with van der Waals surface area (Å²) in [7, 11) is 3.56. The fourth-order valence-corrected chi connectivity index (χ4v) is 2.58. The van der Waals surface area contributed by atoms with Crippen LogP contribution >= 0.6 is 0 Å². The maximum absolute atomic E-state index is 5.84. The second-order valence-electron chi connectivity index (χ2n) is 5.34. The Labute approximate surface area is 124 Å². The Hall–Kier alpha value is -2.24. The molecule has 2 aromatic rings. The Morgan fingerprint density at radius 3 is 3.05 bits per heavy atom. The second kappa shape index (κ2) is 5.63. The van der Waals surface area contributed by atoms with E-state index in [1.807, 2.05) is 26.1 Å². The normalized spacial score (nSPS) is 17.0. The monoisotopic (exact) mass is 288 g/mol. The van der Waals surface area contributed by atoms with Gasteiger partial charge in [0.25, 0.3) is 0 Å². The van der Waals surface area contributed by atoms with Gasteiger partial charge in [0.05, 0.1) is 13.7 Å². The molecule has 6 nitrogen and oxygen atoms in total. The number of benzene rings is 1. The van der Waals surface area contributed by atoms with Crippen LogP contribution in [0.2, 0.25) is 0 Å². The largest absolute Gasteiger partial charge is 0.497 e. The van der Waals surface area contributed by atoms with Gasteiger partial charge in [-0.25, -0.2) is 4.68 Å². The molecule has 1 N–H and O–H groups in total. The highest BCUT2D eigenvalue weighted by Crippen LogP contribution is 2.31. The summed E-state index contributed by atoms with van der Waals surface area (Å²) in [6, 6.07) is 6.00. The molecule has 1 aromatic heterocycles.